The first-order valence-corrected chi connectivity index (χ1v) is 7.21. The third kappa shape index (κ3) is 3.74. The summed E-state index contributed by atoms with van der Waals surface area (Å²) < 4.78 is 5.55. The molecule has 0 aromatic heterocycles. The van der Waals surface area contributed by atoms with Crippen LogP contribution in [0.25, 0.3) is 0 Å². The zero-order valence-corrected chi connectivity index (χ0v) is 10.7. The Labute approximate surface area is 100 Å². The molecule has 2 nitrogen and oxygen atoms in total. The minimum absolute atomic E-state index is 0.426. The van der Waals surface area contributed by atoms with Crippen LogP contribution in [0.2, 0.25) is 0 Å². The summed E-state index contributed by atoms with van der Waals surface area (Å²) in [4.78, 5) is 0. The van der Waals surface area contributed by atoms with Crippen LogP contribution in [0, 0.1) is 5.92 Å². The van der Waals surface area contributed by atoms with Crippen LogP contribution in [0.1, 0.15) is 58.3 Å². The molecule has 2 fully saturated rings. The molecule has 1 heterocycles. The average molecular weight is 225 g/mol. The van der Waals surface area contributed by atoms with Gasteiger partial charge in [-0.15, -0.1) is 0 Å². The van der Waals surface area contributed by atoms with Crippen molar-refractivity contribution in [2.45, 2.75) is 70.4 Å². The van der Waals surface area contributed by atoms with Crippen molar-refractivity contribution < 1.29 is 4.74 Å². The highest BCUT2D eigenvalue weighted by Crippen LogP contribution is 2.27. The second kappa shape index (κ2) is 6.61. The normalized spacial score (nSPS) is 32.1. The van der Waals surface area contributed by atoms with Crippen LogP contribution < -0.4 is 5.32 Å². The summed E-state index contributed by atoms with van der Waals surface area (Å²) >= 11 is 0. The summed E-state index contributed by atoms with van der Waals surface area (Å²) in [6.07, 6.45) is 11.8. The highest BCUT2D eigenvalue weighted by molar-refractivity contribution is 4.79. The van der Waals surface area contributed by atoms with E-state index in [0.717, 1.165) is 12.5 Å². The fraction of sp³-hybridized carbons (Fsp3) is 1.00. The van der Waals surface area contributed by atoms with E-state index in [9.17, 15) is 0 Å². The van der Waals surface area contributed by atoms with Gasteiger partial charge in [0.25, 0.3) is 0 Å². The van der Waals surface area contributed by atoms with Crippen molar-refractivity contribution in [3.05, 3.63) is 0 Å². The third-order valence-corrected chi connectivity index (χ3v) is 4.30. The summed E-state index contributed by atoms with van der Waals surface area (Å²) in [5.41, 5.74) is 0. The fourth-order valence-corrected chi connectivity index (χ4v) is 3.15. The first-order chi connectivity index (χ1) is 7.86. The van der Waals surface area contributed by atoms with Crippen molar-refractivity contribution in [3.8, 4) is 0 Å². The molecule has 2 aliphatic rings. The number of nitrogens with one attached hydrogen (secondary N) is 1. The van der Waals surface area contributed by atoms with Gasteiger partial charge in [-0.05, 0) is 38.6 Å². The number of hydrogen-bond donors (Lipinski definition) is 1. The van der Waals surface area contributed by atoms with Crippen LogP contribution in [0.3, 0.4) is 0 Å². The van der Waals surface area contributed by atoms with Crippen molar-refractivity contribution >= 4 is 0 Å². The summed E-state index contributed by atoms with van der Waals surface area (Å²) in [7, 11) is 0. The molecule has 94 valence electrons. The molecule has 1 saturated carbocycles. The highest BCUT2D eigenvalue weighted by atomic mass is 16.5. The van der Waals surface area contributed by atoms with Crippen LogP contribution in [0.4, 0.5) is 0 Å². The fourth-order valence-electron chi connectivity index (χ4n) is 3.15. The summed E-state index contributed by atoms with van der Waals surface area (Å²) in [6.45, 7) is 4.32. The van der Waals surface area contributed by atoms with Gasteiger partial charge in [-0.2, -0.15) is 0 Å². The molecule has 2 unspecified atom stereocenters. The van der Waals surface area contributed by atoms with Crippen LogP contribution in [0.15, 0.2) is 0 Å². The van der Waals surface area contributed by atoms with E-state index in [1.807, 2.05) is 0 Å². The smallest absolute Gasteiger partial charge is 0.0700 e. The molecule has 0 amide bonds. The van der Waals surface area contributed by atoms with Gasteiger partial charge in [-0.3, -0.25) is 0 Å². The van der Waals surface area contributed by atoms with E-state index < -0.39 is 0 Å². The third-order valence-electron chi connectivity index (χ3n) is 4.30. The Morgan fingerprint density at radius 2 is 1.94 bits per heavy atom. The lowest BCUT2D eigenvalue weighted by Crippen LogP contribution is -2.35. The lowest BCUT2D eigenvalue weighted by atomic mass is 9.86. The van der Waals surface area contributed by atoms with Gasteiger partial charge in [0.1, 0.15) is 0 Å². The molecule has 0 radical (unpaired) electrons. The summed E-state index contributed by atoms with van der Waals surface area (Å²) in [6, 6.07) is 0.617. The predicted octanol–water partition coefficient (Wildman–Crippen LogP) is 3.11. The van der Waals surface area contributed by atoms with E-state index in [1.165, 1.54) is 57.9 Å². The Hall–Kier alpha value is -0.0800. The van der Waals surface area contributed by atoms with Crippen molar-refractivity contribution in [3.63, 3.8) is 0 Å². The molecular weight excluding hydrogens is 198 g/mol. The highest BCUT2D eigenvalue weighted by Gasteiger charge is 2.23. The molecule has 1 aliphatic heterocycles. The van der Waals surface area contributed by atoms with Crippen LogP contribution in [0.5, 0.6) is 0 Å². The lowest BCUT2D eigenvalue weighted by molar-refractivity contribution is 0.113. The largest absolute Gasteiger partial charge is 0.377 e. The van der Waals surface area contributed by atoms with Gasteiger partial charge < -0.3 is 10.1 Å². The average Bonchev–Trinajstić information content (AvgIpc) is 2.72. The Morgan fingerprint density at radius 3 is 2.62 bits per heavy atom. The molecule has 2 rings (SSSR count). The van der Waals surface area contributed by atoms with Gasteiger partial charge in [0, 0.05) is 12.6 Å². The lowest BCUT2D eigenvalue weighted by Gasteiger charge is -2.22. The van der Waals surface area contributed by atoms with Crippen molar-refractivity contribution in [1.29, 1.82) is 0 Å². The first kappa shape index (κ1) is 12.4. The van der Waals surface area contributed by atoms with Gasteiger partial charge in [0.2, 0.25) is 0 Å². The molecule has 16 heavy (non-hydrogen) atoms. The van der Waals surface area contributed by atoms with Gasteiger partial charge in [-0.25, -0.2) is 0 Å². The first-order valence-electron chi connectivity index (χ1n) is 7.21. The SMILES string of the molecule is CC1OCCC1NCCCC1CCCCC1. The van der Waals surface area contributed by atoms with Crippen LogP contribution in [-0.2, 0) is 4.74 Å². The molecule has 1 saturated heterocycles. The Kier molecular flexibility index (Phi) is 5.11. The minimum atomic E-state index is 0.426. The Bertz CT molecular complexity index is 189. The van der Waals surface area contributed by atoms with Gasteiger partial charge in [0.05, 0.1) is 6.10 Å². The molecule has 0 aromatic rings. The van der Waals surface area contributed by atoms with Crippen molar-refractivity contribution in [1.82, 2.24) is 5.32 Å². The van der Waals surface area contributed by atoms with E-state index in [-0.39, 0.29) is 0 Å². The summed E-state index contributed by atoms with van der Waals surface area (Å²) in [5, 5.41) is 3.65. The second-order valence-corrected chi connectivity index (χ2v) is 5.57. The number of ether oxygens (including phenoxy) is 1. The van der Waals surface area contributed by atoms with Gasteiger partial charge in [0.15, 0.2) is 0 Å². The summed E-state index contributed by atoms with van der Waals surface area (Å²) in [5.74, 6) is 1.04. The maximum atomic E-state index is 5.55. The quantitative estimate of drug-likeness (QED) is 0.726. The topological polar surface area (TPSA) is 21.3 Å². The monoisotopic (exact) mass is 225 g/mol. The maximum absolute atomic E-state index is 5.55. The molecule has 2 atom stereocenters. The molecule has 2 heteroatoms. The maximum Gasteiger partial charge on any atom is 0.0700 e. The molecule has 0 aromatic carbocycles. The second-order valence-electron chi connectivity index (χ2n) is 5.57. The van der Waals surface area contributed by atoms with Crippen LogP contribution in [-0.4, -0.2) is 25.3 Å². The molecule has 1 N–H and O–H groups in total. The van der Waals surface area contributed by atoms with E-state index >= 15 is 0 Å². The van der Waals surface area contributed by atoms with E-state index in [4.69, 9.17) is 4.74 Å². The predicted molar refractivity (Wildman–Crippen MR) is 67.6 cm³/mol. The zero-order valence-electron chi connectivity index (χ0n) is 10.7. The Morgan fingerprint density at radius 1 is 1.12 bits per heavy atom. The number of hydrogen-bond acceptors (Lipinski definition) is 2. The van der Waals surface area contributed by atoms with E-state index in [2.05, 4.69) is 12.2 Å². The molecular formula is C14H27NO. The molecule has 0 bridgehead atoms. The minimum Gasteiger partial charge on any atom is -0.377 e. The number of rotatable bonds is 5. The van der Waals surface area contributed by atoms with Gasteiger partial charge in [-0.1, -0.05) is 32.1 Å². The Balaban J connectivity index is 1.51. The van der Waals surface area contributed by atoms with E-state index in [0.29, 0.717) is 12.1 Å². The van der Waals surface area contributed by atoms with Crippen LogP contribution >= 0.6 is 0 Å². The molecule has 1 aliphatic carbocycles. The van der Waals surface area contributed by atoms with Crippen molar-refractivity contribution in [2.24, 2.45) is 5.92 Å². The zero-order chi connectivity index (χ0) is 11.2. The van der Waals surface area contributed by atoms with E-state index in [1.54, 1.807) is 0 Å². The standard InChI is InChI=1S/C14H27NO/c1-12-14(9-11-16-12)15-10-5-8-13-6-3-2-4-7-13/h12-15H,2-11H2,1H3. The van der Waals surface area contributed by atoms with Gasteiger partial charge >= 0.3 is 0 Å². The molecule has 0 spiro atoms. The van der Waals surface area contributed by atoms with Crippen molar-refractivity contribution in [2.75, 3.05) is 13.2 Å².